The number of nitrogens with zero attached hydrogens (tertiary/aromatic N) is 1. The lowest BCUT2D eigenvalue weighted by atomic mass is 9.85. The van der Waals surface area contributed by atoms with E-state index in [2.05, 4.69) is 15.6 Å². The zero-order valence-electron chi connectivity index (χ0n) is 11.4. The fourth-order valence-electron chi connectivity index (χ4n) is 2.38. The minimum Gasteiger partial charge on any atom is -0.388 e. The maximum atomic E-state index is 11.7. The largest absolute Gasteiger partial charge is 0.388 e. The Bertz CT molecular complexity index is 444. The summed E-state index contributed by atoms with van der Waals surface area (Å²) in [7, 11) is 0. The van der Waals surface area contributed by atoms with Gasteiger partial charge in [-0.1, -0.05) is 30.9 Å². The first kappa shape index (κ1) is 15.1. The molecule has 0 unspecified atom stereocenters. The minimum absolute atomic E-state index is 0.291. The number of nitrogens with one attached hydrogen (secondary N) is 2. The molecule has 1 saturated carbocycles. The van der Waals surface area contributed by atoms with Crippen LogP contribution in [0.5, 0.6) is 0 Å². The number of hydrogen-bond donors (Lipinski definition) is 3. The highest BCUT2D eigenvalue weighted by Gasteiger charge is 2.29. The molecule has 1 aromatic heterocycles. The van der Waals surface area contributed by atoms with Gasteiger partial charge in [0.15, 0.2) is 0 Å². The van der Waals surface area contributed by atoms with Gasteiger partial charge in [0.1, 0.15) is 0 Å². The van der Waals surface area contributed by atoms with Crippen molar-refractivity contribution in [3.8, 4) is 0 Å². The first-order chi connectivity index (χ1) is 9.57. The van der Waals surface area contributed by atoms with Crippen molar-refractivity contribution in [2.75, 3.05) is 6.54 Å². The molecule has 1 heterocycles. The summed E-state index contributed by atoms with van der Waals surface area (Å²) < 4.78 is 0. The van der Waals surface area contributed by atoms with Gasteiger partial charge < -0.3 is 15.7 Å². The van der Waals surface area contributed by atoms with Gasteiger partial charge in [0.2, 0.25) is 0 Å². The van der Waals surface area contributed by atoms with Crippen molar-refractivity contribution in [2.24, 2.45) is 0 Å². The Balaban J connectivity index is 1.71. The molecule has 0 aliphatic heterocycles. The number of carbonyl (C=O) groups is 1. The molecule has 110 valence electrons. The fraction of sp³-hybridized carbons (Fsp3) is 0.571. The van der Waals surface area contributed by atoms with Crippen molar-refractivity contribution in [3.63, 3.8) is 0 Å². The summed E-state index contributed by atoms with van der Waals surface area (Å²) in [6.07, 6.45) is 6.26. The van der Waals surface area contributed by atoms with Crippen LogP contribution >= 0.6 is 11.6 Å². The normalized spacial score (nSPS) is 17.5. The summed E-state index contributed by atoms with van der Waals surface area (Å²) in [5.74, 6) is 0. The van der Waals surface area contributed by atoms with Crippen LogP contribution in [0.4, 0.5) is 4.79 Å². The number of pyridine rings is 1. The highest BCUT2D eigenvalue weighted by molar-refractivity contribution is 6.30. The van der Waals surface area contributed by atoms with Crippen molar-refractivity contribution in [1.29, 1.82) is 0 Å². The van der Waals surface area contributed by atoms with Crippen molar-refractivity contribution < 1.29 is 9.90 Å². The Morgan fingerprint density at radius 3 is 2.70 bits per heavy atom. The van der Waals surface area contributed by atoms with Crippen molar-refractivity contribution in [2.45, 2.75) is 44.2 Å². The van der Waals surface area contributed by atoms with Gasteiger partial charge >= 0.3 is 6.03 Å². The average molecular weight is 298 g/mol. The van der Waals surface area contributed by atoms with E-state index in [1.807, 2.05) is 0 Å². The molecule has 0 bridgehead atoms. The van der Waals surface area contributed by atoms with Crippen LogP contribution in [0.15, 0.2) is 18.3 Å². The Hall–Kier alpha value is -1.33. The molecule has 6 heteroatoms. The van der Waals surface area contributed by atoms with E-state index in [9.17, 15) is 9.90 Å². The number of aromatic nitrogens is 1. The van der Waals surface area contributed by atoms with Crippen molar-refractivity contribution in [1.82, 2.24) is 15.6 Å². The second kappa shape index (κ2) is 6.90. The van der Waals surface area contributed by atoms with Gasteiger partial charge in [0.05, 0.1) is 22.9 Å². The van der Waals surface area contributed by atoms with Gasteiger partial charge in [-0.3, -0.25) is 4.98 Å². The maximum Gasteiger partial charge on any atom is 0.315 e. The summed E-state index contributed by atoms with van der Waals surface area (Å²) in [4.78, 5) is 15.8. The van der Waals surface area contributed by atoms with Crippen LogP contribution in [0.1, 0.15) is 37.8 Å². The third-order valence-corrected chi connectivity index (χ3v) is 3.80. The Morgan fingerprint density at radius 2 is 2.05 bits per heavy atom. The molecular formula is C14H20ClN3O2. The molecule has 0 spiro atoms. The molecule has 3 N–H and O–H groups in total. The number of amides is 2. The topological polar surface area (TPSA) is 74.2 Å². The van der Waals surface area contributed by atoms with Gasteiger partial charge in [0, 0.05) is 12.7 Å². The van der Waals surface area contributed by atoms with Crippen LogP contribution in [-0.4, -0.2) is 28.3 Å². The van der Waals surface area contributed by atoms with E-state index >= 15 is 0 Å². The molecule has 2 rings (SSSR count). The van der Waals surface area contributed by atoms with Crippen LogP contribution < -0.4 is 10.6 Å². The second-order valence-corrected chi connectivity index (χ2v) is 5.73. The standard InChI is InChI=1S/C14H20ClN3O2/c15-11-4-5-12(16-8-11)9-17-13(19)18-10-14(20)6-2-1-3-7-14/h4-5,8,20H,1-3,6-7,9-10H2,(H2,17,18,19). The molecule has 1 aromatic rings. The van der Waals surface area contributed by atoms with Crippen LogP contribution in [0.25, 0.3) is 0 Å². The number of rotatable bonds is 4. The zero-order chi connectivity index (χ0) is 14.4. The number of aliphatic hydroxyl groups is 1. The molecule has 1 aliphatic carbocycles. The highest BCUT2D eigenvalue weighted by atomic mass is 35.5. The molecule has 2 amide bonds. The molecule has 0 radical (unpaired) electrons. The Morgan fingerprint density at radius 1 is 1.30 bits per heavy atom. The van der Waals surface area contributed by atoms with Gasteiger partial charge in [-0.15, -0.1) is 0 Å². The van der Waals surface area contributed by atoms with Crippen LogP contribution in [0.2, 0.25) is 5.02 Å². The number of carbonyl (C=O) groups excluding carboxylic acids is 1. The number of hydrogen-bond acceptors (Lipinski definition) is 3. The van der Waals surface area contributed by atoms with E-state index in [1.165, 1.54) is 0 Å². The fourth-order valence-corrected chi connectivity index (χ4v) is 2.49. The third-order valence-electron chi connectivity index (χ3n) is 3.58. The molecule has 0 saturated heterocycles. The van der Waals surface area contributed by atoms with Gasteiger partial charge in [0.25, 0.3) is 0 Å². The maximum absolute atomic E-state index is 11.7. The summed E-state index contributed by atoms with van der Waals surface area (Å²) in [6, 6.07) is 3.20. The highest BCUT2D eigenvalue weighted by Crippen LogP contribution is 2.27. The lowest BCUT2D eigenvalue weighted by Gasteiger charge is -2.32. The van der Waals surface area contributed by atoms with E-state index in [0.717, 1.165) is 37.8 Å². The summed E-state index contributed by atoms with van der Waals surface area (Å²) in [5, 5.41) is 16.3. The first-order valence-electron chi connectivity index (χ1n) is 6.92. The van der Waals surface area contributed by atoms with Gasteiger partial charge in [-0.05, 0) is 25.0 Å². The molecule has 0 aromatic carbocycles. The van der Waals surface area contributed by atoms with Crippen molar-refractivity contribution in [3.05, 3.63) is 29.0 Å². The van der Waals surface area contributed by atoms with E-state index in [0.29, 0.717) is 18.1 Å². The first-order valence-corrected chi connectivity index (χ1v) is 7.30. The lowest BCUT2D eigenvalue weighted by molar-refractivity contribution is 0.00719. The molecule has 1 fully saturated rings. The monoisotopic (exact) mass is 297 g/mol. The SMILES string of the molecule is O=C(NCc1ccc(Cl)cn1)NCC1(O)CCCCC1. The Labute approximate surface area is 123 Å². The van der Waals surface area contributed by atoms with Crippen LogP contribution in [0.3, 0.4) is 0 Å². The van der Waals surface area contributed by atoms with Gasteiger partial charge in [-0.25, -0.2) is 4.79 Å². The smallest absolute Gasteiger partial charge is 0.315 e. The minimum atomic E-state index is -0.742. The zero-order valence-corrected chi connectivity index (χ0v) is 12.1. The quantitative estimate of drug-likeness (QED) is 0.798. The van der Waals surface area contributed by atoms with Crippen molar-refractivity contribution >= 4 is 17.6 Å². The lowest BCUT2D eigenvalue weighted by Crippen LogP contribution is -2.47. The molecular weight excluding hydrogens is 278 g/mol. The van der Waals surface area contributed by atoms with E-state index < -0.39 is 5.60 Å². The molecule has 5 nitrogen and oxygen atoms in total. The Kier molecular flexibility index (Phi) is 5.20. The van der Waals surface area contributed by atoms with E-state index in [1.54, 1.807) is 18.3 Å². The summed E-state index contributed by atoms with van der Waals surface area (Å²) >= 11 is 5.74. The van der Waals surface area contributed by atoms with Crippen LogP contribution in [-0.2, 0) is 6.54 Å². The predicted molar refractivity (Wildman–Crippen MR) is 77.5 cm³/mol. The predicted octanol–water partition coefficient (Wildman–Crippen LogP) is 2.23. The molecule has 20 heavy (non-hydrogen) atoms. The molecule has 1 aliphatic rings. The van der Waals surface area contributed by atoms with E-state index in [4.69, 9.17) is 11.6 Å². The number of urea groups is 1. The van der Waals surface area contributed by atoms with E-state index in [-0.39, 0.29) is 6.03 Å². The molecule has 0 atom stereocenters. The second-order valence-electron chi connectivity index (χ2n) is 5.29. The average Bonchev–Trinajstić information content (AvgIpc) is 2.45. The third kappa shape index (κ3) is 4.65. The summed E-state index contributed by atoms with van der Waals surface area (Å²) in [6.45, 7) is 0.633. The van der Waals surface area contributed by atoms with Crippen LogP contribution in [0, 0.1) is 0 Å². The van der Waals surface area contributed by atoms with Gasteiger partial charge in [-0.2, -0.15) is 0 Å². The number of halogens is 1. The summed E-state index contributed by atoms with van der Waals surface area (Å²) in [5.41, 5.74) is -0.00498.